The lowest BCUT2D eigenvalue weighted by Gasteiger charge is -2.35. The van der Waals surface area contributed by atoms with Crippen molar-refractivity contribution in [2.24, 2.45) is 0 Å². The number of fused-ring (bicyclic) bond motifs is 7. The standard InChI is InChI=1S/C36H32F3N5O3/c1-2-24-27(38)7-4-19-12-23(45)13-26(28(19)24)29-31(39)32-30(25-8-11-46-33(25)29)34(43-16-21-5-6-22(17-43)40-21)42-35(41-32)47-18-36-9-3-10-44(36)15-20(37)14-36/h1,4,7-8,11-13,20-22,40,45H,3,5-6,9-10,14-18H2/t20-,21-,22+,36+/m1/s1. The predicted molar refractivity (Wildman–Crippen MR) is 172 cm³/mol. The van der Waals surface area contributed by atoms with Crippen molar-refractivity contribution in [3.63, 3.8) is 0 Å². The smallest absolute Gasteiger partial charge is 0.319 e. The van der Waals surface area contributed by atoms with Gasteiger partial charge in [-0.3, -0.25) is 4.90 Å². The van der Waals surface area contributed by atoms with Crippen LogP contribution in [0.3, 0.4) is 0 Å². The van der Waals surface area contributed by atoms with E-state index in [4.69, 9.17) is 20.6 Å². The monoisotopic (exact) mass is 639 g/mol. The van der Waals surface area contributed by atoms with Gasteiger partial charge in [0.1, 0.15) is 41.3 Å². The fourth-order valence-electron chi connectivity index (χ4n) is 8.67. The minimum absolute atomic E-state index is 0.00509. The van der Waals surface area contributed by atoms with Gasteiger partial charge < -0.3 is 24.5 Å². The van der Waals surface area contributed by atoms with Crippen LogP contribution >= 0.6 is 0 Å². The Bertz CT molecular complexity index is 2130. The van der Waals surface area contributed by atoms with E-state index in [-0.39, 0.29) is 63.6 Å². The lowest BCUT2D eigenvalue weighted by atomic mass is 9.91. The number of hydrogen-bond acceptors (Lipinski definition) is 8. The van der Waals surface area contributed by atoms with Crippen molar-refractivity contribution < 1.29 is 27.4 Å². The first-order valence-electron chi connectivity index (χ1n) is 16.2. The second kappa shape index (κ2) is 10.5. The van der Waals surface area contributed by atoms with Crippen LogP contribution in [0.2, 0.25) is 0 Å². The van der Waals surface area contributed by atoms with E-state index in [0.29, 0.717) is 48.0 Å². The van der Waals surface area contributed by atoms with Crippen LogP contribution in [0.15, 0.2) is 41.0 Å². The van der Waals surface area contributed by atoms with Gasteiger partial charge in [0.15, 0.2) is 5.82 Å². The van der Waals surface area contributed by atoms with Crippen molar-refractivity contribution in [2.45, 2.75) is 55.9 Å². The summed E-state index contributed by atoms with van der Waals surface area (Å²) in [6, 6.07) is 7.84. The number of terminal acetylenes is 1. The van der Waals surface area contributed by atoms with Crippen LogP contribution in [0, 0.1) is 24.0 Å². The quantitative estimate of drug-likeness (QED) is 0.225. The molecule has 8 nitrogen and oxygen atoms in total. The molecule has 0 unspecified atom stereocenters. The van der Waals surface area contributed by atoms with Crippen LogP contribution < -0.4 is 15.0 Å². The van der Waals surface area contributed by atoms with E-state index in [0.717, 1.165) is 32.2 Å². The SMILES string of the molecule is C#Cc1c(F)ccc2cc(O)cc(-c3c(F)c4nc(OC[C@@]56CCCN5C[C@H](F)C6)nc(N5C[C@H]6CC[C@@H](C5)N6)c4c4ccoc34)c12. The van der Waals surface area contributed by atoms with E-state index in [9.17, 15) is 9.50 Å². The molecule has 2 N–H and O–H groups in total. The molecule has 4 aliphatic heterocycles. The van der Waals surface area contributed by atoms with Gasteiger partial charge in [0.25, 0.3) is 0 Å². The number of benzene rings is 3. The van der Waals surface area contributed by atoms with E-state index < -0.39 is 23.3 Å². The predicted octanol–water partition coefficient (Wildman–Crippen LogP) is 6.06. The summed E-state index contributed by atoms with van der Waals surface area (Å²) in [7, 11) is 0. The Morgan fingerprint density at radius 2 is 1.94 bits per heavy atom. The van der Waals surface area contributed by atoms with E-state index in [1.54, 1.807) is 6.07 Å². The molecule has 4 saturated heterocycles. The Morgan fingerprint density at radius 3 is 2.74 bits per heavy atom. The number of furan rings is 1. The van der Waals surface area contributed by atoms with Crippen molar-refractivity contribution in [1.29, 1.82) is 0 Å². The highest BCUT2D eigenvalue weighted by atomic mass is 19.1. The molecule has 3 aromatic carbocycles. The third-order valence-corrected chi connectivity index (χ3v) is 10.7. The molecule has 11 heteroatoms. The van der Waals surface area contributed by atoms with Gasteiger partial charge in [-0.2, -0.15) is 9.97 Å². The molecule has 9 rings (SSSR count). The molecule has 0 spiro atoms. The maximum atomic E-state index is 17.3. The molecule has 0 aliphatic carbocycles. The molecule has 0 saturated carbocycles. The summed E-state index contributed by atoms with van der Waals surface area (Å²) >= 11 is 0. The third-order valence-electron chi connectivity index (χ3n) is 10.7. The summed E-state index contributed by atoms with van der Waals surface area (Å²) in [6.45, 7) is 2.73. The zero-order chi connectivity index (χ0) is 32.0. The van der Waals surface area contributed by atoms with E-state index in [2.05, 4.69) is 26.0 Å². The number of hydrogen-bond donors (Lipinski definition) is 2. The number of ether oxygens (including phenoxy) is 1. The fraction of sp³-hybridized carbons (Fsp3) is 0.389. The Kier molecular flexibility index (Phi) is 6.40. The van der Waals surface area contributed by atoms with E-state index in [1.165, 1.54) is 30.5 Å². The van der Waals surface area contributed by atoms with Crippen molar-refractivity contribution in [3.8, 4) is 35.2 Å². The average molecular weight is 640 g/mol. The second-order valence-electron chi connectivity index (χ2n) is 13.5. The number of alkyl halides is 1. The van der Waals surface area contributed by atoms with Crippen LogP contribution in [0.4, 0.5) is 19.0 Å². The van der Waals surface area contributed by atoms with Crippen LogP contribution in [0.1, 0.15) is 37.7 Å². The zero-order valence-corrected chi connectivity index (χ0v) is 25.5. The first-order chi connectivity index (χ1) is 22.8. The number of aromatic hydroxyl groups is 1. The fourth-order valence-corrected chi connectivity index (χ4v) is 8.67. The minimum Gasteiger partial charge on any atom is -0.508 e. The number of nitrogens with zero attached hydrogens (tertiary/aromatic N) is 4. The largest absolute Gasteiger partial charge is 0.508 e. The molecule has 4 atom stereocenters. The topological polar surface area (TPSA) is 86.9 Å². The normalized spacial score (nSPS) is 25.7. The zero-order valence-electron chi connectivity index (χ0n) is 25.5. The van der Waals surface area contributed by atoms with Gasteiger partial charge in [0.05, 0.1) is 28.3 Å². The summed E-state index contributed by atoms with van der Waals surface area (Å²) in [4.78, 5) is 13.9. The summed E-state index contributed by atoms with van der Waals surface area (Å²) in [5, 5.41) is 16.1. The van der Waals surface area contributed by atoms with E-state index in [1.807, 2.05) is 0 Å². The number of rotatable bonds is 5. The number of phenolic OH excluding ortho intramolecular Hbond substituents is 1. The van der Waals surface area contributed by atoms with Gasteiger partial charge in [-0.15, -0.1) is 6.42 Å². The van der Waals surface area contributed by atoms with Crippen molar-refractivity contribution >= 4 is 38.5 Å². The summed E-state index contributed by atoms with van der Waals surface area (Å²) < 4.78 is 59.2. The van der Waals surface area contributed by atoms with Crippen molar-refractivity contribution in [1.82, 2.24) is 20.2 Å². The molecule has 240 valence electrons. The molecule has 4 fully saturated rings. The Hall–Kier alpha value is -4.53. The molecule has 0 amide bonds. The van der Waals surface area contributed by atoms with Crippen LogP contribution in [-0.2, 0) is 0 Å². The summed E-state index contributed by atoms with van der Waals surface area (Å²) in [5.41, 5.74) is -0.121. The Morgan fingerprint density at radius 1 is 1.11 bits per heavy atom. The second-order valence-corrected chi connectivity index (χ2v) is 13.5. The number of aromatic nitrogens is 2. The van der Waals surface area contributed by atoms with Gasteiger partial charge >= 0.3 is 6.01 Å². The average Bonchev–Trinajstić information content (AvgIpc) is 3.83. The molecule has 2 aromatic heterocycles. The van der Waals surface area contributed by atoms with Crippen molar-refractivity contribution in [2.75, 3.05) is 37.7 Å². The highest BCUT2D eigenvalue weighted by Gasteiger charge is 2.49. The number of anilines is 1. The molecular formula is C36H32F3N5O3. The van der Waals surface area contributed by atoms with Crippen molar-refractivity contribution in [3.05, 3.63) is 53.8 Å². The molecular weight excluding hydrogens is 607 g/mol. The first-order valence-corrected chi connectivity index (χ1v) is 16.2. The highest BCUT2D eigenvalue weighted by Crippen LogP contribution is 2.46. The Balaban J connectivity index is 1.28. The minimum atomic E-state index is -0.924. The maximum Gasteiger partial charge on any atom is 0.319 e. The molecule has 6 heterocycles. The molecule has 2 bridgehead atoms. The number of halogens is 3. The van der Waals surface area contributed by atoms with Crippen LogP contribution in [0.5, 0.6) is 11.8 Å². The summed E-state index contributed by atoms with van der Waals surface area (Å²) in [6.07, 6.45) is 10.5. The highest BCUT2D eigenvalue weighted by molar-refractivity contribution is 6.17. The molecule has 5 aromatic rings. The molecule has 47 heavy (non-hydrogen) atoms. The lowest BCUT2D eigenvalue weighted by Crippen LogP contribution is -2.51. The third kappa shape index (κ3) is 4.38. The van der Waals surface area contributed by atoms with Gasteiger partial charge in [-0.1, -0.05) is 12.0 Å². The number of phenols is 1. The van der Waals surface area contributed by atoms with Gasteiger partial charge in [-0.25, -0.2) is 13.2 Å². The molecule has 0 radical (unpaired) electrons. The van der Waals surface area contributed by atoms with Gasteiger partial charge in [0.2, 0.25) is 0 Å². The van der Waals surface area contributed by atoms with Crippen LogP contribution in [-0.4, -0.2) is 76.6 Å². The number of nitrogens with one attached hydrogen (secondary N) is 1. The Labute approximate surface area is 268 Å². The summed E-state index contributed by atoms with van der Waals surface area (Å²) in [5.74, 6) is 1.42. The number of piperazine rings is 1. The van der Waals surface area contributed by atoms with Crippen LogP contribution in [0.25, 0.3) is 43.8 Å². The van der Waals surface area contributed by atoms with Gasteiger partial charge in [0, 0.05) is 54.5 Å². The first kappa shape index (κ1) is 28.7. The molecule has 4 aliphatic rings. The maximum absolute atomic E-state index is 17.3. The lowest BCUT2D eigenvalue weighted by molar-refractivity contribution is 0.107. The van der Waals surface area contributed by atoms with E-state index >= 15 is 8.78 Å². The van der Waals surface area contributed by atoms with Gasteiger partial charge in [-0.05, 0) is 61.9 Å².